The molecule has 0 heterocycles. The zero-order chi connectivity index (χ0) is 11.5. The fraction of sp³-hybridized carbons (Fsp3) is 0.417. The largest absolute Gasteiger partial charge is 0.469 e. The number of benzene rings is 1. The molecule has 0 fully saturated rings. The fourth-order valence-electron chi connectivity index (χ4n) is 1.47. The highest BCUT2D eigenvalue weighted by molar-refractivity contribution is 5.76. The minimum Gasteiger partial charge on any atom is -0.469 e. The molecule has 0 saturated heterocycles. The summed E-state index contributed by atoms with van der Waals surface area (Å²) in [6.45, 7) is 3.48. The molecule has 0 bridgehead atoms. The van der Waals surface area contributed by atoms with Crippen LogP contribution in [0, 0.1) is 11.2 Å². The zero-order valence-electron chi connectivity index (χ0n) is 9.21. The second-order valence-electron chi connectivity index (χ2n) is 4.14. The van der Waals surface area contributed by atoms with E-state index < -0.39 is 5.41 Å². The van der Waals surface area contributed by atoms with E-state index in [0.717, 1.165) is 0 Å². The third-order valence-electron chi connectivity index (χ3n) is 2.33. The highest BCUT2D eigenvalue weighted by Gasteiger charge is 2.29. The molecule has 0 unspecified atom stereocenters. The Hall–Kier alpha value is -1.38. The highest BCUT2D eigenvalue weighted by Crippen LogP contribution is 2.24. The number of hydrogen-bond acceptors (Lipinski definition) is 2. The Labute approximate surface area is 89.1 Å². The maximum Gasteiger partial charge on any atom is 0.311 e. The van der Waals surface area contributed by atoms with Gasteiger partial charge < -0.3 is 4.74 Å². The number of hydrogen-bond donors (Lipinski definition) is 0. The molecule has 0 aliphatic rings. The van der Waals surface area contributed by atoms with Crippen LogP contribution in [0.3, 0.4) is 0 Å². The Kier molecular flexibility index (Phi) is 3.45. The van der Waals surface area contributed by atoms with Gasteiger partial charge in [0.25, 0.3) is 0 Å². The number of halogens is 1. The maximum atomic E-state index is 13.3. The SMILES string of the molecule is COC(=O)C(C)(C)Cc1ccccc1F. The van der Waals surface area contributed by atoms with Gasteiger partial charge in [-0.1, -0.05) is 18.2 Å². The van der Waals surface area contributed by atoms with E-state index in [0.29, 0.717) is 12.0 Å². The molecule has 0 atom stereocenters. The molecule has 0 aliphatic heterocycles. The summed E-state index contributed by atoms with van der Waals surface area (Å²) in [6, 6.07) is 6.46. The average molecular weight is 210 g/mol. The second-order valence-corrected chi connectivity index (χ2v) is 4.14. The average Bonchev–Trinajstić information content (AvgIpc) is 2.20. The van der Waals surface area contributed by atoms with Crippen LogP contribution in [0.1, 0.15) is 19.4 Å². The lowest BCUT2D eigenvalue weighted by Gasteiger charge is -2.21. The monoisotopic (exact) mass is 210 g/mol. The van der Waals surface area contributed by atoms with E-state index in [1.165, 1.54) is 13.2 Å². The van der Waals surface area contributed by atoms with Crippen molar-refractivity contribution in [3.05, 3.63) is 35.6 Å². The number of methoxy groups -OCH3 is 1. The van der Waals surface area contributed by atoms with Crippen LogP contribution in [0.5, 0.6) is 0 Å². The van der Waals surface area contributed by atoms with Crippen LogP contribution in [0.4, 0.5) is 4.39 Å². The first-order valence-electron chi connectivity index (χ1n) is 4.79. The predicted molar refractivity (Wildman–Crippen MR) is 55.9 cm³/mol. The highest BCUT2D eigenvalue weighted by atomic mass is 19.1. The molecule has 0 amide bonds. The van der Waals surface area contributed by atoms with Gasteiger partial charge in [0.1, 0.15) is 5.82 Å². The van der Waals surface area contributed by atoms with Crippen molar-refractivity contribution >= 4 is 5.97 Å². The zero-order valence-corrected chi connectivity index (χ0v) is 9.21. The topological polar surface area (TPSA) is 26.3 Å². The quantitative estimate of drug-likeness (QED) is 0.717. The molecular formula is C12H15FO2. The van der Waals surface area contributed by atoms with Gasteiger partial charge in [0.15, 0.2) is 0 Å². The first-order valence-corrected chi connectivity index (χ1v) is 4.79. The summed E-state index contributed by atoms with van der Waals surface area (Å²) in [5.41, 5.74) is -0.162. The lowest BCUT2D eigenvalue weighted by atomic mass is 9.86. The van der Waals surface area contributed by atoms with Crippen LogP contribution in [0.25, 0.3) is 0 Å². The molecule has 0 aliphatic carbocycles. The van der Waals surface area contributed by atoms with Gasteiger partial charge in [0.05, 0.1) is 12.5 Å². The summed E-state index contributed by atoms with van der Waals surface area (Å²) >= 11 is 0. The van der Waals surface area contributed by atoms with Crippen LogP contribution in [0.2, 0.25) is 0 Å². The number of carbonyl (C=O) groups excluding carboxylic acids is 1. The van der Waals surface area contributed by atoms with Gasteiger partial charge in [-0.05, 0) is 31.9 Å². The molecular weight excluding hydrogens is 195 g/mol. The summed E-state index contributed by atoms with van der Waals surface area (Å²) in [5, 5.41) is 0. The summed E-state index contributed by atoms with van der Waals surface area (Å²) in [4.78, 5) is 11.4. The van der Waals surface area contributed by atoms with Crippen molar-refractivity contribution in [2.75, 3.05) is 7.11 Å². The maximum absolute atomic E-state index is 13.3. The number of carbonyl (C=O) groups is 1. The molecule has 0 aromatic heterocycles. The van der Waals surface area contributed by atoms with Crippen molar-refractivity contribution in [2.45, 2.75) is 20.3 Å². The van der Waals surface area contributed by atoms with E-state index >= 15 is 0 Å². The van der Waals surface area contributed by atoms with E-state index in [-0.39, 0.29) is 11.8 Å². The molecule has 1 rings (SSSR count). The van der Waals surface area contributed by atoms with Crippen molar-refractivity contribution in [1.82, 2.24) is 0 Å². The minimum absolute atomic E-state index is 0.283. The minimum atomic E-state index is -0.697. The lowest BCUT2D eigenvalue weighted by molar-refractivity contribution is -0.150. The summed E-state index contributed by atoms with van der Waals surface area (Å²) < 4.78 is 18.0. The van der Waals surface area contributed by atoms with E-state index in [4.69, 9.17) is 0 Å². The number of ether oxygens (including phenoxy) is 1. The summed E-state index contributed by atoms with van der Waals surface area (Å²) in [5.74, 6) is -0.611. The second kappa shape index (κ2) is 4.43. The fourth-order valence-corrected chi connectivity index (χ4v) is 1.47. The van der Waals surface area contributed by atoms with Crippen LogP contribution in [-0.2, 0) is 16.0 Å². The summed E-state index contributed by atoms with van der Waals surface area (Å²) in [6.07, 6.45) is 0.340. The third kappa shape index (κ3) is 2.78. The van der Waals surface area contributed by atoms with Crippen molar-refractivity contribution in [2.24, 2.45) is 5.41 Å². The third-order valence-corrected chi connectivity index (χ3v) is 2.33. The van der Waals surface area contributed by atoms with Gasteiger partial charge in [-0.2, -0.15) is 0 Å². The van der Waals surface area contributed by atoms with Gasteiger partial charge in [0.2, 0.25) is 0 Å². The smallest absolute Gasteiger partial charge is 0.311 e. The van der Waals surface area contributed by atoms with Crippen LogP contribution >= 0.6 is 0 Å². The molecule has 0 saturated carbocycles. The molecule has 2 nitrogen and oxygen atoms in total. The molecule has 1 aromatic carbocycles. The standard InChI is InChI=1S/C12H15FO2/c1-12(2,11(14)15-3)8-9-6-4-5-7-10(9)13/h4-7H,8H2,1-3H3. The molecule has 0 N–H and O–H groups in total. The Morgan fingerprint density at radius 2 is 2.00 bits per heavy atom. The Balaban J connectivity index is 2.86. The van der Waals surface area contributed by atoms with E-state index in [1.54, 1.807) is 32.0 Å². The lowest BCUT2D eigenvalue weighted by Crippen LogP contribution is -2.28. The van der Waals surface area contributed by atoms with Crippen molar-refractivity contribution in [3.63, 3.8) is 0 Å². The summed E-state index contributed by atoms with van der Waals surface area (Å²) in [7, 11) is 1.34. The molecule has 0 radical (unpaired) electrons. The van der Waals surface area contributed by atoms with Crippen molar-refractivity contribution in [3.8, 4) is 0 Å². The normalized spacial score (nSPS) is 11.2. The molecule has 1 aromatic rings. The first kappa shape index (κ1) is 11.7. The molecule has 0 spiro atoms. The molecule has 15 heavy (non-hydrogen) atoms. The van der Waals surface area contributed by atoms with Crippen molar-refractivity contribution < 1.29 is 13.9 Å². The van der Waals surface area contributed by atoms with Gasteiger partial charge in [-0.15, -0.1) is 0 Å². The predicted octanol–water partition coefficient (Wildman–Crippen LogP) is 2.57. The Morgan fingerprint density at radius 3 is 2.53 bits per heavy atom. The number of esters is 1. The van der Waals surface area contributed by atoms with Gasteiger partial charge in [0, 0.05) is 0 Å². The van der Waals surface area contributed by atoms with Gasteiger partial charge in [-0.25, -0.2) is 4.39 Å². The Bertz CT molecular complexity index is 358. The van der Waals surface area contributed by atoms with E-state index in [1.807, 2.05) is 0 Å². The van der Waals surface area contributed by atoms with E-state index in [2.05, 4.69) is 4.74 Å². The number of rotatable bonds is 3. The van der Waals surface area contributed by atoms with Gasteiger partial charge >= 0.3 is 5.97 Å². The Morgan fingerprint density at radius 1 is 1.40 bits per heavy atom. The van der Waals surface area contributed by atoms with Crippen LogP contribution < -0.4 is 0 Å². The first-order chi connectivity index (χ1) is 6.97. The van der Waals surface area contributed by atoms with Crippen molar-refractivity contribution in [1.29, 1.82) is 0 Å². The van der Waals surface area contributed by atoms with Crippen LogP contribution in [-0.4, -0.2) is 13.1 Å². The van der Waals surface area contributed by atoms with Gasteiger partial charge in [-0.3, -0.25) is 4.79 Å². The molecule has 82 valence electrons. The van der Waals surface area contributed by atoms with Crippen LogP contribution in [0.15, 0.2) is 24.3 Å². The van der Waals surface area contributed by atoms with E-state index in [9.17, 15) is 9.18 Å². The molecule has 3 heteroatoms.